The van der Waals surface area contributed by atoms with E-state index < -0.39 is 0 Å². The van der Waals surface area contributed by atoms with E-state index in [4.69, 9.17) is 0 Å². The van der Waals surface area contributed by atoms with Gasteiger partial charge in [-0.15, -0.1) is 0 Å². The van der Waals surface area contributed by atoms with Gasteiger partial charge in [-0.3, -0.25) is 9.89 Å². The molecule has 1 aromatic heterocycles. The van der Waals surface area contributed by atoms with E-state index in [9.17, 15) is 9.90 Å². The van der Waals surface area contributed by atoms with E-state index in [0.717, 1.165) is 11.1 Å². The second-order valence-corrected chi connectivity index (χ2v) is 3.82. The normalized spacial score (nSPS) is 10.2. The van der Waals surface area contributed by atoms with Crippen LogP contribution in [0.5, 0.6) is 5.75 Å². The van der Waals surface area contributed by atoms with Crippen molar-refractivity contribution in [2.45, 2.75) is 13.3 Å². The number of nitrogens with zero attached hydrogens (tertiary/aromatic N) is 1. The maximum absolute atomic E-state index is 11.7. The van der Waals surface area contributed by atoms with Crippen LogP contribution in [0.2, 0.25) is 0 Å². The molecule has 0 saturated carbocycles. The zero-order chi connectivity index (χ0) is 12.3. The first-order valence-corrected chi connectivity index (χ1v) is 5.23. The van der Waals surface area contributed by atoms with E-state index in [1.165, 1.54) is 0 Å². The Hall–Kier alpha value is -2.30. The molecular weight excluding hydrogens is 218 g/mol. The van der Waals surface area contributed by atoms with Crippen LogP contribution in [0.3, 0.4) is 0 Å². The smallest absolute Gasteiger partial charge is 0.229 e. The first-order valence-electron chi connectivity index (χ1n) is 5.23. The maximum Gasteiger partial charge on any atom is 0.229 e. The molecule has 1 aromatic carbocycles. The van der Waals surface area contributed by atoms with E-state index >= 15 is 0 Å². The minimum absolute atomic E-state index is 0.150. The summed E-state index contributed by atoms with van der Waals surface area (Å²) < 4.78 is 0. The fourth-order valence-electron chi connectivity index (χ4n) is 1.51. The molecule has 5 heteroatoms. The summed E-state index contributed by atoms with van der Waals surface area (Å²) in [6.07, 6.45) is 1.86. The monoisotopic (exact) mass is 231 g/mol. The zero-order valence-corrected chi connectivity index (χ0v) is 9.40. The number of aromatic nitrogens is 2. The van der Waals surface area contributed by atoms with Crippen molar-refractivity contribution in [3.05, 3.63) is 41.6 Å². The molecule has 2 aromatic rings. The number of aryl methyl sites for hydroxylation is 1. The lowest BCUT2D eigenvalue weighted by atomic mass is 10.1. The summed E-state index contributed by atoms with van der Waals surface area (Å²) in [6, 6.07) is 6.64. The molecule has 0 atom stereocenters. The SMILES string of the molecule is Cc1cn[nH]c1NC(=O)Cc1cccc(O)c1. The van der Waals surface area contributed by atoms with Crippen LogP contribution < -0.4 is 5.32 Å². The van der Waals surface area contributed by atoms with E-state index in [1.54, 1.807) is 30.5 Å². The van der Waals surface area contributed by atoms with Gasteiger partial charge in [0.15, 0.2) is 0 Å². The van der Waals surface area contributed by atoms with E-state index in [-0.39, 0.29) is 18.1 Å². The van der Waals surface area contributed by atoms with Crippen LogP contribution in [0.25, 0.3) is 0 Å². The number of H-pyrrole nitrogens is 1. The molecule has 2 rings (SSSR count). The standard InChI is InChI=1S/C12H13N3O2/c1-8-7-13-15-12(8)14-11(17)6-9-3-2-4-10(16)5-9/h2-5,7,16H,6H2,1H3,(H2,13,14,15,17). The van der Waals surface area contributed by atoms with Crippen LogP contribution in [0.1, 0.15) is 11.1 Å². The van der Waals surface area contributed by atoms with Gasteiger partial charge in [-0.05, 0) is 24.6 Å². The molecule has 0 bridgehead atoms. The Morgan fingerprint density at radius 1 is 1.53 bits per heavy atom. The number of rotatable bonds is 3. The van der Waals surface area contributed by atoms with Gasteiger partial charge in [-0.25, -0.2) is 0 Å². The number of nitrogens with one attached hydrogen (secondary N) is 2. The van der Waals surface area contributed by atoms with Gasteiger partial charge in [0.2, 0.25) is 5.91 Å². The number of aromatic amines is 1. The topological polar surface area (TPSA) is 78.0 Å². The quantitative estimate of drug-likeness (QED) is 0.750. The first-order chi connectivity index (χ1) is 8.15. The number of hydrogen-bond acceptors (Lipinski definition) is 3. The highest BCUT2D eigenvalue weighted by molar-refractivity contribution is 5.91. The third kappa shape index (κ3) is 2.84. The van der Waals surface area contributed by atoms with Gasteiger partial charge < -0.3 is 10.4 Å². The summed E-state index contributed by atoms with van der Waals surface area (Å²) in [5.41, 5.74) is 1.65. The van der Waals surface area contributed by atoms with Crippen molar-refractivity contribution in [3.63, 3.8) is 0 Å². The van der Waals surface area contributed by atoms with Gasteiger partial charge in [0.1, 0.15) is 11.6 Å². The number of phenols is 1. The molecule has 5 nitrogen and oxygen atoms in total. The third-order valence-corrected chi connectivity index (χ3v) is 2.37. The zero-order valence-electron chi connectivity index (χ0n) is 9.40. The third-order valence-electron chi connectivity index (χ3n) is 2.37. The Balaban J connectivity index is 2.01. The molecule has 1 heterocycles. The van der Waals surface area contributed by atoms with Crippen LogP contribution in [0, 0.1) is 6.92 Å². The van der Waals surface area contributed by atoms with Crippen molar-refractivity contribution >= 4 is 11.7 Å². The van der Waals surface area contributed by atoms with Gasteiger partial charge in [0.25, 0.3) is 0 Å². The van der Waals surface area contributed by atoms with Crippen molar-refractivity contribution < 1.29 is 9.90 Å². The number of phenolic OH excluding ortho intramolecular Hbond substituents is 1. The van der Waals surface area contributed by atoms with E-state index in [2.05, 4.69) is 15.5 Å². The van der Waals surface area contributed by atoms with Crippen molar-refractivity contribution in [2.75, 3.05) is 5.32 Å². The Bertz CT molecular complexity index is 534. The minimum Gasteiger partial charge on any atom is -0.508 e. The van der Waals surface area contributed by atoms with Crippen molar-refractivity contribution in [3.8, 4) is 5.75 Å². The number of aromatic hydroxyl groups is 1. The molecule has 0 unspecified atom stereocenters. The lowest BCUT2D eigenvalue weighted by Crippen LogP contribution is -2.15. The van der Waals surface area contributed by atoms with Crippen LogP contribution in [-0.4, -0.2) is 21.2 Å². The Morgan fingerprint density at radius 2 is 2.35 bits per heavy atom. The van der Waals surface area contributed by atoms with Gasteiger partial charge in [-0.1, -0.05) is 12.1 Å². The summed E-state index contributed by atoms with van der Waals surface area (Å²) in [6.45, 7) is 1.85. The predicted octanol–water partition coefficient (Wildman–Crippen LogP) is 1.60. The van der Waals surface area contributed by atoms with Gasteiger partial charge in [0, 0.05) is 5.56 Å². The van der Waals surface area contributed by atoms with E-state index in [1.807, 2.05) is 6.92 Å². The molecule has 0 aliphatic carbocycles. The second kappa shape index (κ2) is 4.69. The highest BCUT2D eigenvalue weighted by Gasteiger charge is 2.07. The van der Waals surface area contributed by atoms with Crippen LogP contribution in [0.4, 0.5) is 5.82 Å². The van der Waals surface area contributed by atoms with Crippen LogP contribution in [0.15, 0.2) is 30.5 Å². The molecule has 0 saturated heterocycles. The van der Waals surface area contributed by atoms with Crippen molar-refractivity contribution in [1.82, 2.24) is 10.2 Å². The molecule has 88 valence electrons. The highest BCUT2D eigenvalue weighted by atomic mass is 16.3. The Morgan fingerprint density at radius 3 is 3.00 bits per heavy atom. The Labute approximate surface area is 98.5 Å². The van der Waals surface area contributed by atoms with Crippen molar-refractivity contribution in [2.24, 2.45) is 0 Å². The fourth-order valence-corrected chi connectivity index (χ4v) is 1.51. The molecule has 17 heavy (non-hydrogen) atoms. The number of carbonyl (C=O) groups excluding carboxylic acids is 1. The molecule has 3 N–H and O–H groups in total. The molecule has 0 aliphatic heterocycles. The van der Waals surface area contributed by atoms with Gasteiger partial charge in [-0.2, -0.15) is 5.10 Å². The number of carbonyl (C=O) groups is 1. The van der Waals surface area contributed by atoms with E-state index in [0.29, 0.717) is 5.82 Å². The fraction of sp³-hybridized carbons (Fsp3) is 0.167. The summed E-state index contributed by atoms with van der Waals surface area (Å²) in [5.74, 6) is 0.617. The van der Waals surface area contributed by atoms with Gasteiger partial charge in [0.05, 0.1) is 12.6 Å². The largest absolute Gasteiger partial charge is 0.508 e. The number of hydrogen-bond donors (Lipinski definition) is 3. The first kappa shape index (κ1) is 11.2. The summed E-state index contributed by atoms with van der Waals surface area (Å²) >= 11 is 0. The maximum atomic E-state index is 11.7. The lowest BCUT2D eigenvalue weighted by molar-refractivity contribution is -0.115. The number of benzene rings is 1. The molecule has 0 radical (unpaired) electrons. The summed E-state index contributed by atoms with van der Waals surface area (Å²) in [4.78, 5) is 11.7. The molecule has 1 amide bonds. The minimum atomic E-state index is -0.150. The number of anilines is 1. The Kier molecular flexibility index (Phi) is 3.09. The van der Waals surface area contributed by atoms with Crippen LogP contribution in [-0.2, 0) is 11.2 Å². The molecule has 0 aliphatic rings. The molecule has 0 spiro atoms. The number of amides is 1. The lowest BCUT2D eigenvalue weighted by Gasteiger charge is -2.04. The average molecular weight is 231 g/mol. The van der Waals surface area contributed by atoms with Gasteiger partial charge >= 0.3 is 0 Å². The second-order valence-electron chi connectivity index (χ2n) is 3.82. The summed E-state index contributed by atoms with van der Waals surface area (Å²) in [5, 5.41) is 18.5. The average Bonchev–Trinajstić information content (AvgIpc) is 2.64. The summed E-state index contributed by atoms with van der Waals surface area (Å²) in [7, 11) is 0. The predicted molar refractivity (Wildman–Crippen MR) is 63.8 cm³/mol. The molecule has 0 fully saturated rings. The molecular formula is C12H13N3O2. The van der Waals surface area contributed by atoms with Crippen molar-refractivity contribution in [1.29, 1.82) is 0 Å². The highest BCUT2D eigenvalue weighted by Crippen LogP contribution is 2.13. The van der Waals surface area contributed by atoms with Crippen LogP contribution >= 0.6 is 0 Å².